The molecule has 19 heavy (non-hydrogen) atoms. The van der Waals surface area contributed by atoms with Crippen LogP contribution in [0.2, 0.25) is 5.02 Å². The van der Waals surface area contributed by atoms with Crippen LogP contribution in [0.15, 0.2) is 42.7 Å². The zero-order chi connectivity index (χ0) is 13.8. The molecule has 3 nitrogen and oxygen atoms in total. The molecule has 2 rings (SSSR count). The summed E-state index contributed by atoms with van der Waals surface area (Å²) in [5.41, 5.74) is 1.13. The highest BCUT2D eigenvalue weighted by Crippen LogP contribution is 2.17. The Morgan fingerprint density at radius 2 is 2.00 bits per heavy atom. The van der Waals surface area contributed by atoms with E-state index >= 15 is 0 Å². The number of hydrogen-bond donors (Lipinski definition) is 1. The highest BCUT2D eigenvalue weighted by atomic mass is 35.5. The van der Waals surface area contributed by atoms with Crippen molar-refractivity contribution >= 4 is 17.5 Å². The molecule has 0 aliphatic carbocycles. The summed E-state index contributed by atoms with van der Waals surface area (Å²) in [6, 6.07) is 7.28. The van der Waals surface area contributed by atoms with E-state index in [1.54, 1.807) is 18.2 Å². The summed E-state index contributed by atoms with van der Waals surface area (Å²) in [6.45, 7) is 1.81. The number of nitrogens with zero attached hydrogens (tertiary/aromatic N) is 1. The van der Waals surface area contributed by atoms with Crippen molar-refractivity contribution < 1.29 is 9.18 Å². The van der Waals surface area contributed by atoms with Crippen LogP contribution in [0.3, 0.4) is 0 Å². The molecule has 0 spiro atoms. The maximum absolute atomic E-state index is 12.8. The molecule has 0 aliphatic heterocycles. The third-order valence-corrected chi connectivity index (χ3v) is 3.06. The minimum atomic E-state index is -0.310. The van der Waals surface area contributed by atoms with Crippen molar-refractivity contribution in [1.29, 1.82) is 0 Å². The number of rotatable bonds is 3. The molecule has 1 N–H and O–H groups in total. The highest BCUT2D eigenvalue weighted by molar-refractivity contribution is 6.33. The summed E-state index contributed by atoms with van der Waals surface area (Å²) >= 11 is 5.92. The van der Waals surface area contributed by atoms with Gasteiger partial charge in [-0.15, -0.1) is 0 Å². The first-order valence-electron chi connectivity index (χ1n) is 5.74. The van der Waals surface area contributed by atoms with Crippen LogP contribution in [-0.4, -0.2) is 10.9 Å². The van der Waals surface area contributed by atoms with Gasteiger partial charge >= 0.3 is 0 Å². The zero-order valence-corrected chi connectivity index (χ0v) is 11.0. The Morgan fingerprint density at radius 3 is 2.63 bits per heavy atom. The van der Waals surface area contributed by atoms with Gasteiger partial charge in [-0.2, -0.15) is 0 Å². The number of carbonyl (C=O) groups is 1. The lowest BCUT2D eigenvalue weighted by Gasteiger charge is -2.14. The SMILES string of the molecule is CC(NC(=O)c1cnccc1Cl)c1ccc(F)cc1. The topological polar surface area (TPSA) is 42.0 Å². The number of benzene rings is 1. The van der Waals surface area contributed by atoms with Crippen molar-refractivity contribution in [2.24, 2.45) is 0 Å². The van der Waals surface area contributed by atoms with Crippen LogP contribution in [0.4, 0.5) is 4.39 Å². The van der Waals surface area contributed by atoms with Crippen LogP contribution < -0.4 is 5.32 Å². The van der Waals surface area contributed by atoms with Crippen LogP contribution >= 0.6 is 11.6 Å². The smallest absolute Gasteiger partial charge is 0.254 e. The molecule has 0 fully saturated rings. The van der Waals surface area contributed by atoms with Gasteiger partial charge < -0.3 is 5.32 Å². The lowest BCUT2D eigenvalue weighted by atomic mass is 10.1. The second-order valence-corrected chi connectivity index (χ2v) is 4.51. The molecule has 5 heteroatoms. The number of halogens is 2. The molecule has 0 radical (unpaired) electrons. The van der Waals surface area contributed by atoms with Gasteiger partial charge in [0.2, 0.25) is 0 Å². The zero-order valence-electron chi connectivity index (χ0n) is 10.2. The first-order chi connectivity index (χ1) is 9.08. The van der Waals surface area contributed by atoms with Crippen molar-refractivity contribution in [1.82, 2.24) is 10.3 Å². The van der Waals surface area contributed by atoms with E-state index < -0.39 is 0 Å². The second-order valence-electron chi connectivity index (χ2n) is 4.10. The molecule has 1 atom stereocenters. The van der Waals surface area contributed by atoms with Gasteiger partial charge in [-0.3, -0.25) is 9.78 Å². The molecule has 1 aromatic carbocycles. The predicted molar refractivity (Wildman–Crippen MR) is 71.5 cm³/mol. The number of hydrogen-bond acceptors (Lipinski definition) is 2. The Labute approximate surface area is 115 Å². The van der Waals surface area contributed by atoms with Gasteiger partial charge in [0.05, 0.1) is 16.6 Å². The number of pyridine rings is 1. The summed E-state index contributed by atoms with van der Waals surface area (Å²) in [5.74, 6) is -0.618. The first-order valence-corrected chi connectivity index (χ1v) is 6.11. The van der Waals surface area contributed by atoms with E-state index in [0.717, 1.165) is 5.56 Å². The third kappa shape index (κ3) is 3.29. The third-order valence-electron chi connectivity index (χ3n) is 2.73. The fourth-order valence-corrected chi connectivity index (χ4v) is 1.84. The van der Waals surface area contributed by atoms with Crippen molar-refractivity contribution in [3.8, 4) is 0 Å². The quantitative estimate of drug-likeness (QED) is 0.935. The van der Waals surface area contributed by atoms with Crippen molar-refractivity contribution in [3.63, 3.8) is 0 Å². The van der Waals surface area contributed by atoms with E-state index in [1.807, 2.05) is 6.92 Å². The molecule has 2 aromatic rings. The van der Waals surface area contributed by atoms with E-state index in [4.69, 9.17) is 11.6 Å². The van der Waals surface area contributed by atoms with Gasteiger partial charge in [-0.25, -0.2) is 4.39 Å². The Morgan fingerprint density at radius 1 is 1.32 bits per heavy atom. The fraction of sp³-hybridized carbons (Fsp3) is 0.143. The Kier molecular flexibility index (Phi) is 4.12. The van der Waals surface area contributed by atoms with Gasteiger partial charge in [-0.1, -0.05) is 23.7 Å². The van der Waals surface area contributed by atoms with Crippen LogP contribution in [0, 0.1) is 5.82 Å². The maximum atomic E-state index is 12.8. The molecule has 0 bridgehead atoms. The molecule has 98 valence electrons. The molecule has 1 amide bonds. The fourth-order valence-electron chi connectivity index (χ4n) is 1.65. The lowest BCUT2D eigenvalue weighted by Crippen LogP contribution is -2.27. The molecule has 1 unspecified atom stereocenters. The van der Waals surface area contributed by atoms with Gasteiger partial charge in [0, 0.05) is 12.4 Å². The summed E-state index contributed by atoms with van der Waals surface area (Å²) < 4.78 is 12.8. The summed E-state index contributed by atoms with van der Waals surface area (Å²) in [6.07, 6.45) is 2.93. The minimum absolute atomic E-state index is 0.246. The molecule has 1 aromatic heterocycles. The summed E-state index contributed by atoms with van der Waals surface area (Å²) in [5, 5.41) is 3.13. The molecule has 0 saturated carbocycles. The van der Waals surface area contributed by atoms with Crippen LogP contribution in [0.25, 0.3) is 0 Å². The monoisotopic (exact) mass is 278 g/mol. The van der Waals surface area contributed by atoms with Gasteiger partial charge in [0.25, 0.3) is 5.91 Å². The molecule has 0 saturated heterocycles. The van der Waals surface area contributed by atoms with Gasteiger partial charge in [-0.05, 0) is 30.7 Å². The van der Waals surface area contributed by atoms with Gasteiger partial charge in [0.1, 0.15) is 5.82 Å². The number of aromatic nitrogens is 1. The van der Waals surface area contributed by atoms with Crippen LogP contribution in [0.1, 0.15) is 28.9 Å². The normalized spacial score (nSPS) is 11.9. The van der Waals surface area contributed by atoms with Crippen molar-refractivity contribution in [2.75, 3.05) is 0 Å². The summed E-state index contributed by atoms with van der Waals surface area (Å²) in [4.78, 5) is 15.9. The largest absolute Gasteiger partial charge is 0.345 e. The highest BCUT2D eigenvalue weighted by Gasteiger charge is 2.14. The Hall–Kier alpha value is -1.94. The molecule has 1 heterocycles. The van der Waals surface area contributed by atoms with E-state index in [1.165, 1.54) is 24.5 Å². The van der Waals surface area contributed by atoms with Crippen molar-refractivity contribution in [2.45, 2.75) is 13.0 Å². The minimum Gasteiger partial charge on any atom is -0.345 e. The van der Waals surface area contributed by atoms with Crippen LogP contribution in [-0.2, 0) is 0 Å². The van der Waals surface area contributed by atoms with Gasteiger partial charge in [0.15, 0.2) is 0 Å². The Balaban J connectivity index is 2.11. The van der Waals surface area contributed by atoms with Crippen LogP contribution in [0.5, 0.6) is 0 Å². The van der Waals surface area contributed by atoms with Crippen molar-refractivity contribution in [3.05, 3.63) is 64.7 Å². The number of nitrogens with one attached hydrogen (secondary N) is 1. The molecular weight excluding hydrogens is 267 g/mol. The van der Waals surface area contributed by atoms with E-state index in [2.05, 4.69) is 10.3 Å². The van der Waals surface area contributed by atoms with E-state index in [-0.39, 0.29) is 17.8 Å². The summed E-state index contributed by atoms with van der Waals surface area (Å²) in [7, 11) is 0. The predicted octanol–water partition coefficient (Wildman–Crippen LogP) is 3.37. The van der Waals surface area contributed by atoms with E-state index in [0.29, 0.717) is 10.6 Å². The standard InChI is InChI=1S/C14H12ClFN2O/c1-9(10-2-4-11(16)5-3-10)18-14(19)12-8-17-7-6-13(12)15/h2-9H,1H3,(H,18,19). The average molecular weight is 279 g/mol. The lowest BCUT2D eigenvalue weighted by molar-refractivity contribution is 0.0939. The maximum Gasteiger partial charge on any atom is 0.254 e. The molecule has 0 aliphatic rings. The average Bonchev–Trinajstić information content (AvgIpc) is 2.39. The number of amides is 1. The van der Waals surface area contributed by atoms with E-state index in [9.17, 15) is 9.18 Å². The first kappa shape index (κ1) is 13.5. The Bertz CT molecular complexity index is 586. The second kappa shape index (κ2) is 5.80. The number of carbonyl (C=O) groups excluding carboxylic acids is 1. The molecular formula is C14H12ClFN2O.